The van der Waals surface area contributed by atoms with Crippen molar-refractivity contribution in [1.29, 1.82) is 10.7 Å². The summed E-state index contributed by atoms with van der Waals surface area (Å²) in [6.45, 7) is 2.76. The standard InChI is InChI=1S/C11H19N5/c12-8-16(11(13)15-10-1-2-10)7-9-3-5-14-6-4-9/h9-10,14H,1-7H2,(H2,13,15). The third-order valence-corrected chi connectivity index (χ3v) is 3.21. The highest BCUT2D eigenvalue weighted by Crippen LogP contribution is 2.19. The number of nitriles is 1. The first-order valence-electron chi connectivity index (χ1n) is 6.02. The van der Waals surface area contributed by atoms with Gasteiger partial charge in [-0.3, -0.25) is 5.41 Å². The molecule has 0 unspecified atom stereocenters. The van der Waals surface area contributed by atoms with Crippen molar-refractivity contribution in [3.05, 3.63) is 0 Å². The summed E-state index contributed by atoms with van der Waals surface area (Å²) in [6, 6.07) is 0.441. The number of nitrogens with zero attached hydrogens (tertiary/aromatic N) is 2. The lowest BCUT2D eigenvalue weighted by Gasteiger charge is -2.27. The first-order valence-corrected chi connectivity index (χ1v) is 6.02. The van der Waals surface area contributed by atoms with Gasteiger partial charge in [-0.15, -0.1) is 0 Å². The molecular weight excluding hydrogens is 202 g/mol. The van der Waals surface area contributed by atoms with Gasteiger partial charge in [0.25, 0.3) is 0 Å². The SMILES string of the molecule is N#CN(CC1CCNCC1)C(=N)NC1CC1. The van der Waals surface area contributed by atoms with E-state index in [0.717, 1.165) is 38.8 Å². The molecule has 1 heterocycles. The molecule has 0 aromatic rings. The normalized spacial score (nSPS) is 21.2. The van der Waals surface area contributed by atoms with Gasteiger partial charge in [-0.2, -0.15) is 5.26 Å². The Morgan fingerprint density at radius 3 is 2.62 bits per heavy atom. The maximum atomic E-state index is 9.04. The maximum absolute atomic E-state index is 9.04. The van der Waals surface area contributed by atoms with Gasteiger partial charge in [0.1, 0.15) is 0 Å². The Morgan fingerprint density at radius 2 is 2.06 bits per heavy atom. The molecule has 0 spiro atoms. The minimum atomic E-state index is 0.281. The quantitative estimate of drug-likeness (QED) is 0.280. The summed E-state index contributed by atoms with van der Waals surface area (Å²) in [5.41, 5.74) is 0. The zero-order chi connectivity index (χ0) is 11.4. The van der Waals surface area contributed by atoms with Gasteiger partial charge in [0.15, 0.2) is 6.19 Å². The fraction of sp³-hybridized carbons (Fsp3) is 0.818. The number of rotatable bonds is 3. The molecule has 0 aromatic heterocycles. The van der Waals surface area contributed by atoms with Crippen molar-refractivity contribution >= 4 is 5.96 Å². The van der Waals surface area contributed by atoms with E-state index in [2.05, 4.69) is 16.8 Å². The van der Waals surface area contributed by atoms with Crippen LogP contribution in [0.2, 0.25) is 0 Å². The first kappa shape index (κ1) is 11.2. The van der Waals surface area contributed by atoms with E-state index in [4.69, 9.17) is 10.7 Å². The largest absolute Gasteiger partial charge is 0.353 e. The minimum absolute atomic E-state index is 0.281. The van der Waals surface area contributed by atoms with Crippen molar-refractivity contribution in [2.45, 2.75) is 31.7 Å². The molecule has 5 heteroatoms. The Labute approximate surface area is 96.3 Å². The van der Waals surface area contributed by atoms with Crippen LogP contribution in [-0.2, 0) is 0 Å². The summed E-state index contributed by atoms with van der Waals surface area (Å²) in [4.78, 5) is 1.49. The predicted molar refractivity (Wildman–Crippen MR) is 61.8 cm³/mol. The molecule has 88 valence electrons. The highest BCUT2D eigenvalue weighted by Gasteiger charge is 2.25. The number of nitrogens with one attached hydrogen (secondary N) is 3. The molecule has 0 amide bonds. The molecule has 16 heavy (non-hydrogen) atoms. The third kappa shape index (κ3) is 3.11. The number of hydrogen-bond acceptors (Lipinski definition) is 3. The van der Waals surface area contributed by atoms with Gasteiger partial charge in [0.05, 0.1) is 0 Å². The molecule has 0 bridgehead atoms. The van der Waals surface area contributed by atoms with Crippen LogP contribution >= 0.6 is 0 Å². The molecule has 2 aliphatic rings. The number of piperidine rings is 1. The van der Waals surface area contributed by atoms with Crippen LogP contribution in [0, 0.1) is 22.8 Å². The molecule has 1 aliphatic carbocycles. The minimum Gasteiger partial charge on any atom is -0.353 e. The van der Waals surface area contributed by atoms with Crippen molar-refractivity contribution in [1.82, 2.24) is 15.5 Å². The zero-order valence-electron chi connectivity index (χ0n) is 9.50. The zero-order valence-corrected chi connectivity index (χ0v) is 9.50. The molecule has 3 N–H and O–H groups in total. The molecule has 1 aliphatic heterocycles. The van der Waals surface area contributed by atoms with Crippen molar-refractivity contribution in [3.8, 4) is 6.19 Å². The highest BCUT2D eigenvalue weighted by molar-refractivity contribution is 5.78. The van der Waals surface area contributed by atoms with E-state index in [0.29, 0.717) is 18.5 Å². The summed E-state index contributed by atoms with van der Waals surface area (Å²) in [7, 11) is 0. The van der Waals surface area contributed by atoms with Crippen LogP contribution in [0.15, 0.2) is 0 Å². The van der Waals surface area contributed by atoms with E-state index in [1.54, 1.807) is 0 Å². The lowest BCUT2D eigenvalue weighted by atomic mass is 9.98. The fourth-order valence-electron chi connectivity index (χ4n) is 2.00. The molecular formula is C11H19N5. The van der Waals surface area contributed by atoms with Gasteiger partial charge in [0.2, 0.25) is 5.96 Å². The van der Waals surface area contributed by atoms with Gasteiger partial charge in [-0.1, -0.05) is 0 Å². The predicted octanol–water partition coefficient (Wildman–Crippen LogP) is 0.456. The number of guanidine groups is 1. The lowest BCUT2D eigenvalue weighted by Crippen LogP contribution is -2.43. The Bertz CT molecular complexity index is 285. The Hall–Kier alpha value is -1.28. The summed E-state index contributed by atoms with van der Waals surface area (Å²) >= 11 is 0. The van der Waals surface area contributed by atoms with Gasteiger partial charge in [0, 0.05) is 12.6 Å². The average Bonchev–Trinajstić information content (AvgIpc) is 3.11. The Morgan fingerprint density at radius 1 is 1.38 bits per heavy atom. The topological polar surface area (TPSA) is 74.9 Å². The van der Waals surface area contributed by atoms with Gasteiger partial charge in [-0.25, -0.2) is 4.90 Å². The van der Waals surface area contributed by atoms with Crippen LogP contribution in [0.3, 0.4) is 0 Å². The monoisotopic (exact) mass is 221 g/mol. The second-order valence-electron chi connectivity index (χ2n) is 4.67. The summed E-state index contributed by atoms with van der Waals surface area (Å²) in [6.07, 6.45) is 6.59. The van der Waals surface area contributed by atoms with Crippen LogP contribution in [0.1, 0.15) is 25.7 Å². The maximum Gasteiger partial charge on any atom is 0.204 e. The van der Waals surface area contributed by atoms with Gasteiger partial charge < -0.3 is 10.6 Å². The van der Waals surface area contributed by atoms with Crippen molar-refractivity contribution in [3.63, 3.8) is 0 Å². The Kier molecular flexibility index (Phi) is 3.62. The molecule has 0 atom stereocenters. The molecule has 1 saturated carbocycles. The summed E-state index contributed by atoms with van der Waals surface area (Å²) in [5, 5.41) is 23.2. The van der Waals surface area contributed by atoms with Crippen LogP contribution < -0.4 is 10.6 Å². The lowest BCUT2D eigenvalue weighted by molar-refractivity contribution is 0.320. The van der Waals surface area contributed by atoms with E-state index in [9.17, 15) is 0 Å². The average molecular weight is 221 g/mol. The number of hydrogen-bond donors (Lipinski definition) is 3. The van der Waals surface area contributed by atoms with Crippen molar-refractivity contribution in [2.75, 3.05) is 19.6 Å². The van der Waals surface area contributed by atoms with E-state index in [-0.39, 0.29) is 5.96 Å². The van der Waals surface area contributed by atoms with Crippen molar-refractivity contribution < 1.29 is 0 Å². The van der Waals surface area contributed by atoms with Crippen LogP contribution in [0.4, 0.5) is 0 Å². The fourth-order valence-corrected chi connectivity index (χ4v) is 2.00. The second kappa shape index (κ2) is 5.17. The van der Waals surface area contributed by atoms with E-state index in [1.165, 1.54) is 4.90 Å². The van der Waals surface area contributed by atoms with Crippen LogP contribution in [0.5, 0.6) is 0 Å². The molecule has 5 nitrogen and oxygen atoms in total. The molecule has 0 radical (unpaired) electrons. The van der Waals surface area contributed by atoms with Gasteiger partial charge in [-0.05, 0) is 44.7 Å². The molecule has 1 saturated heterocycles. The van der Waals surface area contributed by atoms with Crippen LogP contribution in [-0.4, -0.2) is 36.5 Å². The van der Waals surface area contributed by atoms with E-state index in [1.807, 2.05) is 0 Å². The van der Waals surface area contributed by atoms with E-state index >= 15 is 0 Å². The molecule has 0 aromatic carbocycles. The third-order valence-electron chi connectivity index (χ3n) is 3.21. The van der Waals surface area contributed by atoms with E-state index < -0.39 is 0 Å². The molecule has 2 rings (SSSR count). The first-order chi connectivity index (χ1) is 7.79. The Balaban J connectivity index is 1.79. The highest BCUT2D eigenvalue weighted by atomic mass is 15.3. The summed E-state index contributed by atoms with van der Waals surface area (Å²) < 4.78 is 0. The second-order valence-corrected chi connectivity index (χ2v) is 4.67. The van der Waals surface area contributed by atoms with Gasteiger partial charge >= 0.3 is 0 Å². The molecule has 2 fully saturated rings. The van der Waals surface area contributed by atoms with Crippen LogP contribution in [0.25, 0.3) is 0 Å². The smallest absolute Gasteiger partial charge is 0.204 e. The van der Waals surface area contributed by atoms with Crippen molar-refractivity contribution in [2.24, 2.45) is 5.92 Å². The summed E-state index contributed by atoms with van der Waals surface area (Å²) in [5.74, 6) is 0.825.